The fourth-order valence-electron chi connectivity index (χ4n) is 4.85. The molecule has 0 aromatic heterocycles. The first-order valence-corrected chi connectivity index (χ1v) is 9.78. The summed E-state index contributed by atoms with van der Waals surface area (Å²) in [5.41, 5.74) is 0.435. The molecule has 2 saturated heterocycles. The van der Waals surface area contributed by atoms with E-state index in [1.807, 2.05) is 6.92 Å². The van der Waals surface area contributed by atoms with Crippen LogP contribution in [0.2, 0.25) is 0 Å². The molecule has 1 N–H and O–H groups in total. The molecule has 3 fully saturated rings. The van der Waals surface area contributed by atoms with Crippen molar-refractivity contribution in [2.75, 3.05) is 7.11 Å². The average Bonchev–Trinajstić information content (AvgIpc) is 2.94. The van der Waals surface area contributed by atoms with Crippen LogP contribution < -0.4 is 0 Å². The summed E-state index contributed by atoms with van der Waals surface area (Å²) >= 11 is 0. The molecule has 4 aliphatic rings. The third kappa shape index (κ3) is 3.09. The zero-order valence-corrected chi connectivity index (χ0v) is 17.4. The number of hydrogen-bond acceptors (Lipinski definition) is 7. The summed E-state index contributed by atoms with van der Waals surface area (Å²) in [7, 11) is 1.60. The number of carbonyl (C=O) groups is 2. The molecule has 0 spiro atoms. The van der Waals surface area contributed by atoms with Crippen molar-refractivity contribution >= 4 is 11.9 Å². The van der Waals surface area contributed by atoms with Crippen LogP contribution in [0.1, 0.15) is 47.5 Å². The molecule has 7 atom stereocenters. The number of cyclic esters (lactones) is 1. The second-order valence-electron chi connectivity index (χ2n) is 8.23. The van der Waals surface area contributed by atoms with Crippen LogP contribution in [0.3, 0.4) is 0 Å². The van der Waals surface area contributed by atoms with Crippen LogP contribution in [0.15, 0.2) is 22.8 Å². The van der Waals surface area contributed by atoms with Gasteiger partial charge in [-0.3, -0.25) is 0 Å². The highest BCUT2D eigenvalue weighted by atomic mass is 16.7. The van der Waals surface area contributed by atoms with E-state index in [0.717, 1.165) is 12.8 Å². The van der Waals surface area contributed by atoms with E-state index in [0.29, 0.717) is 11.1 Å². The highest BCUT2D eigenvalue weighted by Gasteiger charge is 2.62. The lowest BCUT2D eigenvalue weighted by molar-refractivity contribution is -0.308. The normalized spacial score (nSPS) is 39.2. The molecule has 0 aromatic rings. The van der Waals surface area contributed by atoms with Crippen molar-refractivity contribution in [3.63, 3.8) is 0 Å². The quantitative estimate of drug-likeness (QED) is 0.566. The number of carbonyl (C=O) groups excluding carboxylic acids is 2. The molecule has 7 unspecified atom stereocenters. The minimum Gasteiger partial charge on any atom is -0.453 e. The van der Waals surface area contributed by atoms with Crippen LogP contribution in [0.4, 0.5) is 0 Å². The van der Waals surface area contributed by atoms with Crippen LogP contribution >= 0.6 is 0 Å². The Bertz CT molecular complexity index is 724. The molecule has 28 heavy (non-hydrogen) atoms. The predicted octanol–water partition coefficient (Wildman–Crippen LogP) is 2.48. The molecule has 3 heterocycles. The number of aliphatic hydroxyl groups is 1. The van der Waals surface area contributed by atoms with Gasteiger partial charge in [0.1, 0.15) is 6.10 Å². The van der Waals surface area contributed by atoms with Gasteiger partial charge in [0.2, 0.25) is 6.29 Å². The Morgan fingerprint density at radius 1 is 1.39 bits per heavy atom. The summed E-state index contributed by atoms with van der Waals surface area (Å²) in [5, 5.41) is 10.1. The Labute approximate surface area is 165 Å². The second kappa shape index (κ2) is 7.61. The van der Waals surface area contributed by atoms with Gasteiger partial charge >= 0.3 is 11.9 Å². The summed E-state index contributed by atoms with van der Waals surface area (Å²) < 4.78 is 22.6. The van der Waals surface area contributed by atoms with Gasteiger partial charge < -0.3 is 24.1 Å². The van der Waals surface area contributed by atoms with Crippen molar-refractivity contribution in [2.45, 2.75) is 72.2 Å². The molecule has 4 rings (SSSR count). The first kappa shape index (κ1) is 21.0. The van der Waals surface area contributed by atoms with Crippen molar-refractivity contribution in [3.8, 4) is 0 Å². The molecule has 0 amide bonds. The van der Waals surface area contributed by atoms with Gasteiger partial charge in [-0.05, 0) is 39.5 Å². The smallest absolute Gasteiger partial charge is 0.340 e. The zero-order valence-electron chi connectivity index (χ0n) is 17.4. The van der Waals surface area contributed by atoms with Gasteiger partial charge in [0, 0.05) is 29.6 Å². The number of rotatable bonds is 5. The summed E-state index contributed by atoms with van der Waals surface area (Å²) in [6, 6.07) is 0. The Morgan fingerprint density at radius 2 is 2.07 bits per heavy atom. The van der Waals surface area contributed by atoms with E-state index >= 15 is 0 Å². The fraction of sp³-hybridized carbons (Fsp3) is 0.714. The van der Waals surface area contributed by atoms with Gasteiger partial charge in [-0.15, -0.1) is 0 Å². The van der Waals surface area contributed by atoms with E-state index < -0.39 is 36.0 Å². The Kier molecular flexibility index (Phi) is 5.71. The van der Waals surface area contributed by atoms with Crippen molar-refractivity contribution in [1.82, 2.24) is 0 Å². The number of hydrogen-bond donors (Lipinski definition) is 1. The highest BCUT2D eigenvalue weighted by molar-refractivity contribution is 5.95. The van der Waals surface area contributed by atoms with E-state index in [1.54, 1.807) is 34.0 Å². The predicted molar refractivity (Wildman–Crippen MR) is 99.8 cm³/mol. The lowest BCUT2D eigenvalue weighted by Crippen LogP contribution is -2.63. The van der Waals surface area contributed by atoms with E-state index in [2.05, 4.69) is 6.92 Å². The maximum absolute atomic E-state index is 12.7. The van der Waals surface area contributed by atoms with E-state index in [4.69, 9.17) is 18.9 Å². The van der Waals surface area contributed by atoms with Crippen LogP contribution in [0.5, 0.6) is 0 Å². The minimum atomic E-state index is -1.32. The molecule has 3 aliphatic heterocycles. The average molecular weight is 394 g/mol. The lowest BCUT2D eigenvalue weighted by atomic mass is 9.54. The van der Waals surface area contributed by atoms with Gasteiger partial charge in [-0.25, -0.2) is 9.59 Å². The van der Waals surface area contributed by atoms with Crippen LogP contribution in [-0.2, 0) is 28.5 Å². The topological polar surface area (TPSA) is 91.3 Å². The molecule has 1 saturated carbocycles. The molecule has 156 valence electrons. The number of aliphatic hydroxyl groups excluding tert-OH is 1. The number of ether oxygens (including phenoxy) is 4. The maximum Gasteiger partial charge on any atom is 0.340 e. The van der Waals surface area contributed by atoms with Crippen molar-refractivity contribution in [2.24, 2.45) is 17.3 Å². The van der Waals surface area contributed by atoms with Gasteiger partial charge in [0.15, 0.2) is 6.29 Å². The Balaban J connectivity index is 2.10. The number of methoxy groups -OCH3 is 1. The molecule has 7 nitrogen and oxygen atoms in total. The van der Waals surface area contributed by atoms with Gasteiger partial charge in [0.25, 0.3) is 0 Å². The number of allylic oxidation sites excluding steroid dienone is 1. The van der Waals surface area contributed by atoms with Gasteiger partial charge in [-0.2, -0.15) is 0 Å². The van der Waals surface area contributed by atoms with Crippen LogP contribution in [-0.4, -0.2) is 48.9 Å². The minimum absolute atomic E-state index is 0.00667. The van der Waals surface area contributed by atoms with Crippen molar-refractivity contribution in [1.29, 1.82) is 0 Å². The molecule has 1 aliphatic carbocycles. The fourth-order valence-corrected chi connectivity index (χ4v) is 4.85. The molecular formula is C21H30O7. The van der Waals surface area contributed by atoms with Crippen molar-refractivity contribution in [3.05, 3.63) is 22.8 Å². The summed E-state index contributed by atoms with van der Waals surface area (Å²) in [6.45, 7) is 9.13. The van der Waals surface area contributed by atoms with Gasteiger partial charge in [0.05, 0.1) is 11.7 Å². The Morgan fingerprint density at radius 3 is 2.61 bits per heavy atom. The summed E-state index contributed by atoms with van der Waals surface area (Å²) in [4.78, 5) is 25.3. The molecule has 7 heteroatoms. The summed E-state index contributed by atoms with van der Waals surface area (Å²) in [6.07, 6.45) is 0.706. The Hall–Kier alpha value is -1.70. The molecule has 0 radical (unpaired) electrons. The van der Waals surface area contributed by atoms with E-state index in [9.17, 15) is 14.7 Å². The first-order valence-electron chi connectivity index (χ1n) is 9.78. The van der Waals surface area contributed by atoms with E-state index in [-0.39, 0.29) is 23.5 Å². The summed E-state index contributed by atoms with van der Waals surface area (Å²) in [5.74, 6) is -1.21. The molecular weight excluding hydrogens is 364 g/mol. The SMILES string of the molecule is C/C=C(/C)C(=O)OC(C1=C(C)C(O)OC1=O)C1(C)C(C)C2CCC1C(OC)O2. The lowest BCUT2D eigenvalue weighted by Gasteiger charge is -2.59. The third-order valence-corrected chi connectivity index (χ3v) is 7.01. The monoisotopic (exact) mass is 394 g/mol. The van der Waals surface area contributed by atoms with Crippen molar-refractivity contribution < 1.29 is 33.6 Å². The van der Waals surface area contributed by atoms with Gasteiger partial charge in [-0.1, -0.05) is 19.9 Å². The number of esters is 2. The maximum atomic E-state index is 12.7. The largest absolute Gasteiger partial charge is 0.453 e. The zero-order chi connectivity index (χ0) is 20.8. The second-order valence-corrected chi connectivity index (χ2v) is 8.23. The third-order valence-electron chi connectivity index (χ3n) is 7.01. The highest BCUT2D eigenvalue weighted by Crippen LogP contribution is 2.57. The molecule has 0 aromatic carbocycles. The van der Waals surface area contributed by atoms with Crippen LogP contribution in [0, 0.1) is 17.3 Å². The molecule has 2 bridgehead atoms. The van der Waals surface area contributed by atoms with Crippen LogP contribution in [0.25, 0.3) is 0 Å². The number of fused-ring (bicyclic) bond motifs is 3. The first-order chi connectivity index (χ1) is 13.2. The van der Waals surface area contributed by atoms with E-state index in [1.165, 1.54) is 0 Å². The standard InChI is InChI=1S/C21H30O7/c1-7-10(2)17(22)27-16(15-11(3)18(23)28-19(15)24)21(5)12(4)14-9-8-13(21)20(25-6)26-14/h7,12-14,16,18,20,23H,8-9H2,1-6H3/b10-7-.